The highest BCUT2D eigenvalue weighted by molar-refractivity contribution is 5.50. The highest BCUT2D eigenvalue weighted by Crippen LogP contribution is 2.25. The third-order valence-electron chi connectivity index (χ3n) is 4.46. The molecule has 0 radical (unpaired) electrons. The van der Waals surface area contributed by atoms with Gasteiger partial charge in [0.15, 0.2) is 0 Å². The second-order valence-electron chi connectivity index (χ2n) is 6.11. The van der Waals surface area contributed by atoms with Crippen LogP contribution in [0.5, 0.6) is 0 Å². The third kappa shape index (κ3) is 3.44. The SMILES string of the molecule is OCC1CCCN(c2cc(N3CCCC(O)C3)ncn2)C1. The van der Waals surface area contributed by atoms with E-state index in [-0.39, 0.29) is 12.7 Å². The number of aliphatic hydroxyl groups is 2. The standard InChI is InChI=1S/C15H24N4O2/c20-10-12-3-1-5-18(8-12)14-7-15(17-11-16-14)19-6-2-4-13(21)9-19/h7,11-13,20-21H,1-6,8-10H2. The molecule has 2 atom stereocenters. The summed E-state index contributed by atoms with van der Waals surface area (Å²) in [5.74, 6) is 2.16. The molecular weight excluding hydrogens is 268 g/mol. The lowest BCUT2D eigenvalue weighted by molar-refractivity contribution is 0.154. The van der Waals surface area contributed by atoms with E-state index in [1.165, 1.54) is 0 Å². The maximum atomic E-state index is 9.80. The smallest absolute Gasteiger partial charge is 0.134 e. The van der Waals surface area contributed by atoms with E-state index in [0.29, 0.717) is 12.5 Å². The molecule has 2 aliphatic heterocycles. The minimum atomic E-state index is -0.258. The van der Waals surface area contributed by atoms with Crippen molar-refractivity contribution < 1.29 is 10.2 Å². The minimum absolute atomic E-state index is 0.243. The van der Waals surface area contributed by atoms with Crippen LogP contribution in [-0.2, 0) is 0 Å². The zero-order valence-electron chi connectivity index (χ0n) is 12.4. The normalized spacial score (nSPS) is 27.0. The lowest BCUT2D eigenvalue weighted by Gasteiger charge is -2.34. The molecule has 2 N–H and O–H groups in total. The van der Waals surface area contributed by atoms with Gasteiger partial charge in [0.2, 0.25) is 0 Å². The van der Waals surface area contributed by atoms with E-state index in [1.807, 2.05) is 6.07 Å². The van der Waals surface area contributed by atoms with E-state index in [0.717, 1.165) is 57.0 Å². The van der Waals surface area contributed by atoms with Gasteiger partial charge >= 0.3 is 0 Å². The average Bonchev–Trinajstić information content (AvgIpc) is 2.55. The Morgan fingerprint density at radius 2 is 1.71 bits per heavy atom. The quantitative estimate of drug-likeness (QED) is 0.852. The van der Waals surface area contributed by atoms with Gasteiger partial charge in [0, 0.05) is 38.9 Å². The molecular formula is C15H24N4O2. The second-order valence-corrected chi connectivity index (χ2v) is 6.11. The van der Waals surface area contributed by atoms with Gasteiger partial charge in [-0.15, -0.1) is 0 Å². The highest BCUT2D eigenvalue weighted by Gasteiger charge is 2.23. The Morgan fingerprint density at radius 1 is 1.05 bits per heavy atom. The molecule has 2 saturated heterocycles. The van der Waals surface area contributed by atoms with Crippen molar-refractivity contribution in [2.24, 2.45) is 5.92 Å². The molecule has 6 heteroatoms. The summed E-state index contributed by atoms with van der Waals surface area (Å²) >= 11 is 0. The first-order valence-electron chi connectivity index (χ1n) is 7.87. The monoisotopic (exact) mass is 292 g/mol. The van der Waals surface area contributed by atoms with Crippen LogP contribution in [0.4, 0.5) is 11.6 Å². The average molecular weight is 292 g/mol. The van der Waals surface area contributed by atoms with Crippen molar-refractivity contribution in [3.8, 4) is 0 Å². The van der Waals surface area contributed by atoms with Crippen molar-refractivity contribution in [1.29, 1.82) is 0 Å². The van der Waals surface area contributed by atoms with Crippen LogP contribution in [0.15, 0.2) is 12.4 Å². The van der Waals surface area contributed by atoms with Crippen LogP contribution in [0.3, 0.4) is 0 Å². The number of anilines is 2. The number of nitrogens with zero attached hydrogens (tertiary/aromatic N) is 4. The molecule has 6 nitrogen and oxygen atoms in total. The first-order valence-corrected chi connectivity index (χ1v) is 7.87. The number of hydrogen-bond acceptors (Lipinski definition) is 6. The molecule has 0 spiro atoms. The van der Waals surface area contributed by atoms with Gasteiger partial charge in [0.25, 0.3) is 0 Å². The molecule has 21 heavy (non-hydrogen) atoms. The van der Waals surface area contributed by atoms with Crippen LogP contribution >= 0.6 is 0 Å². The van der Waals surface area contributed by atoms with Gasteiger partial charge in [-0.05, 0) is 31.6 Å². The fourth-order valence-corrected chi connectivity index (χ4v) is 3.27. The van der Waals surface area contributed by atoms with E-state index in [4.69, 9.17) is 0 Å². The van der Waals surface area contributed by atoms with Crippen molar-refractivity contribution in [1.82, 2.24) is 9.97 Å². The molecule has 0 aliphatic carbocycles. The Bertz CT molecular complexity index is 471. The number of hydrogen-bond donors (Lipinski definition) is 2. The molecule has 2 fully saturated rings. The summed E-state index contributed by atoms with van der Waals surface area (Å²) in [6, 6.07) is 2.01. The van der Waals surface area contributed by atoms with Crippen LogP contribution in [0.25, 0.3) is 0 Å². The van der Waals surface area contributed by atoms with Gasteiger partial charge in [-0.3, -0.25) is 0 Å². The Morgan fingerprint density at radius 3 is 2.38 bits per heavy atom. The van der Waals surface area contributed by atoms with Crippen molar-refractivity contribution in [2.75, 3.05) is 42.6 Å². The summed E-state index contributed by atoms with van der Waals surface area (Å²) in [6.07, 6.45) is 5.39. The molecule has 3 heterocycles. The fraction of sp³-hybridized carbons (Fsp3) is 0.733. The predicted octanol–water partition coefficient (Wildman–Crippen LogP) is 0.646. The van der Waals surface area contributed by atoms with Gasteiger partial charge in [0.05, 0.1) is 6.10 Å². The molecule has 2 unspecified atom stereocenters. The molecule has 0 amide bonds. The lowest BCUT2D eigenvalue weighted by Crippen LogP contribution is -2.39. The number of piperidine rings is 2. The van der Waals surface area contributed by atoms with Gasteiger partial charge in [0.1, 0.15) is 18.0 Å². The van der Waals surface area contributed by atoms with E-state index < -0.39 is 0 Å². The fourth-order valence-electron chi connectivity index (χ4n) is 3.27. The van der Waals surface area contributed by atoms with Crippen molar-refractivity contribution in [3.05, 3.63) is 12.4 Å². The zero-order valence-corrected chi connectivity index (χ0v) is 12.4. The summed E-state index contributed by atoms with van der Waals surface area (Å²) in [4.78, 5) is 13.1. The van der Waals surface area contributed by atoms with Crippen LogP contribution < -0.4 is 9.80 Å². The number of rotatable bonds is 3. The first kappa shape index (κ1) is 14.5. The maximum Gasteiger partial charge on any atom is 0.134 e. The Balaban J connectivity index is 1.73. The van der Waals surface area contributed by atoms with Crippen molar-refractivity contribution in [2.45, 2.75) is 31.8 Å². The Labute approximate surface area is 125 Å². The number of aromatic nitrogens is 2. The molecule has 3 rings (SSSR count). The molecule has 0 saturated carbocycles. The summed E-state index contributed by atoms with van der Waals surface area (Å²) in [7, 11) is 0. The number of aliphatic hydroxyl groups excluding tert-OH is 2. The van der Waals surface area contributed by atoms with Crippen LogP contribution in [0, 0.1) is 5.92 Å². The van der Waals surface area contributed by atoms with Crippen molar-refractivity contribution in [3.63, 3.8) is 0 Å². The zero-order chi connectivity index (χ0) is 14.7. The van der Waals surface area contributed by atoms with E-state index in [1.54, 1.807) is 6.33 Å². The lowest BCUT2D eigenvalue weighted by atomic mass is 9.99. The molecule has 0 aromatic carbocycles. The second kappa shape index (κ2) is 6.58. The largest absolute Gasteiger partial charge is 0.396 e. The summed E-state index contributed by atoms with van der Waals surface area (Å²) in [6.45, 7) is 3.67. The third-order valence-corrected chi connectivity index (χ3v) is 4.46. The Hall–Kier alpha value is -1.40. The van der Waals surface area contributed by atoms with Gasteiger partial charge in [-0.1, -0.05) is 0 Å². The minimum Gasteiger partial charge on any atom is -0.396 e. The van der Waals surface area contributed by atoms with Gasteiger partial charge in [-0.2, -0.15) is 0 Å². The first-order chi connectivity index (χ1) is 10.3. The van der Waals surface area contributed by atoms with Crippen LogP contribution in [0.2, 0.25) is 0 Å². The van der Waals surface area contributed by atoms with Gasteiger partial charge in [-0.25, -0.2) is 9.97 Å². The molecule has 0 bridgehead atoms. The molecule has 2 aliphatic rings. The van der Waals surface area contributed by atoms with Crippen LogP contribution in [-0.4, -0.2) is 59.1 Å². The Kier molecular flexibility index (Phi) is 4.55. The maximum absolute atomic E-state index is 9.80. The van der Waals surface area contributed by atoms with E-state index in [2.05, 4.69) is 19.8 Å². The van der Waals surface area contributed by atoms with Crippen molar-refractivity contribution >= 4 is 11.6 Å². The summed E-state index contributed by atoms with van der Waals surface area (Å²) in [5.41, 5.74) is 0. The number of β-amino-alcohol motifs (C(OH)–C–C–N with tert-alkyl or cyclic N) is 1. The molecule has 1 aromatic heterocycles. The molecule has 1 aromatic rings. The van der Waals surface area contributed by atoms with Gasteiger partial charge < -0.3 is 20.0 Å². The highest BCUT2D eigenvalue weighted by atomic mass is 16.3. The predicted molar refractivity (Wildman–Crippen MR) is 81.5 cm³/mol. The molecule has 116 valence electrons. The topological polar surface area (TPSA) is 72.7 Å². The summed E-state index contributed by atoms with van der Waals surface area (Å²) in [5, 5.41) is 19.2. The van der Waals surface area contributed by atoms with E-state index >= 15 is 0 Å². The van der Waals surface area contributed by atoms with Crippen LogP contribution in [0.1, 0.15) is 25.7 Å². The summed E-state index contributed by atoms with van der Waals surface area (Å²) < 4.78 is 0. The van der Waals surface area contributed by atoms with E-state index in [9.17, 15) is 10.2 Å².